The van der Waals surface area contributed by atoms with Gasteiger partial charge >= 0.3 is 12.1 Å². The Morgan fingerprint density at radius 2 is 1.67 bits per heavy atom. The van der Waals surface area contributed by atoms with Crippen LogP contribution in [-0.4, -0.2) is 17.9 Å². The van der Waals surface area contributed by atoms with Crippen molar-refractivity contribution in [3.8, 4) is 5.75 Å². The third-order valence-electron chi connectivity index (χ3n) is 3.32. The van der Waals surface area contributed by atoms with Crippen molar-refractivity contribution in [3.63, 3.8) is 0 Å². The molecule has 1 aromatic carbocycles. The fourth-order valence-electron chi connectivity index (χ4n) is 1.94. The third-order valence-corrected chi connectivity index (χ3v) is 3.32. The van der Waals surface area contributed by atoms with Gasteiger partial charge in [-0.25, -0.2) is 0 Å². The maximum absolute atomic E-state index is 13.1. The lowest BCUT2D eigenvalue weighted by atomic mass is 9.94. The standard InChI is InChI=1S/C14H11F5O2/c1-7-3-9-5-10(6-21-11(9)4-8(7)2)12(20)13(15,16)14(17,18)19/h3-4,6H,5H2,1-2H3. The Morgan fingerprint density at radius 3 is 2.24 bits per heavy atom. The molecule has 114 valence electrons. The van der Waals surface area contributed by atoms with Crippen LogP contribution < -0.4 is 4.74 Å². The Bertz CT molecular complexity index is 629. The number of carbonyl (C=O) groups excluding carboxylic acids is 1. The Morgan fingerprint density at radius 1 is 1.10 bits per heavy atom. The summed E-state index contributed by atoms with van der Waals surface area (Å²) in [5.74, 6) is -7.34. The summed E-state index contributed by atoms with van der Waals surface area (Å²) in [7, 11) is 0. The van der Waals surface area contributed by atoms with Crippen LogP contribution in [0.4, 0.5) is 22.0 Å². The summed E-state index contributed by atoms with van der Waals surface area (Å²) >= 11 is 0. The molecule has 0 aliphatic carbocycles. The molecule has 0 atom stereocenters. The summed E-state index contributed by atoms with van der Waals surface area (Å²) in [6, 6.07) is 3.25. The Balaban J connectivity index is 2.31. The molecule has 7 heteroatoms. The summed E-state index contributed by atoms with van der Waals surface area (Å²) in [5, 5.41) is 0. The molecule has 0 unspecified atom stereocenters. The number of hydrogen-bond donors (Lipinski definition) is 0. The van der Waals surface area contributed by atoms with Gasteiger partial charge in [0.2, 0.25) is 5.78 Å². The maximum Gasteiger partial charge on any atom is 0.461 e. The monoisotopic (exact) mass is 306 g/mol. The van der Waals surface area contributed by atoms with E-state index in [0.717, 1.165) is 11.1 Å². The van der Waals surface area contributed by atoms with Crippen LogP contribution in [0.3, 0.4) is 0 Å². The van der Waals surface area contributed by atoms with E-state index >= 15 is 0 Å². The van der Waals surface area contributed by atoms with E-state index in [0.29, 0.717) is 17.6 Å². The van der Waals surface area contributed by atoms with Gasteiger partial charge in [0, 0.05) is 12.0 Å². The van der Waals surface area contributed by atoms with E-state index in [2.05, 4.69) is 0 Å². The summed E-state index contributed by atoms with van der Waals surface area (Å²) in [5.41, 5.74) is 1.42. The minimum Gasteiger partial charge on any atom is -0.464 e. The number of allylic oxidation sites excluding steroid dienone is 1. The molecule has 1 aromatic rings. The van der Waals surface area contributed by atoms with E-state index in [1.807, 2.05) is 0 Å². The predicted molar refractivity (Wildman–Crippen MR) is 64.3 cm³/mol. The molecule has 0 spiro atoms. The highest BCUT2D eigenvalue weighted by atomic mass is 19.4. The minimum atomic E-state index is -5.92. The molecule has 0 bridgehead atoms. The first-order chi connectivity index (χ1) is 9.54. The van der Waals surface area contributed by atoms with Crippen molar-refractivity contribution in [1.29, 1.82) is 0 Å². The molecule has 1 aliphatic heterocycles. The van der Waals surface area contributed by atoms with Crippen molar-refractivity contribution >= 4 is 5.78 Å². The van der Waals surface area contributed by atoms with Gasteiger partial charge in [0.25, 0.3) is 0 Å². The summed E-state index contributed by atoms with van der Waals surface area (Å²) in [4.78, 5) is 11.4. The Kier molecular flexibility index (Phi) is 3.55. The normalized spacial score (nSPS) is 15.1. The lowest BCUT2D eigenvalue weighted by Gasteiger charge is -2.22. The molecule has 0 amide bonds. The van der Waals surface area contributed by atoms with Gasteiger partial charge in [-0.3, -0.25) is 4.79 Å². The highest BCUT2D eigenvalue weighted by Crippen LogP contribution is 2.39. The Labute approximate surface area is 117 Å². The van der Waals surface area contributed by atoms with Crippen LogP contribution in [-0.2, 0) is 11.2 Å². The van der Waals surface area contributed by atoms with Crippen LogP contribution in [0.5, 0.6) is 5.75 Å². The van der Waals surface area contributed by atoms with Crippen molar-refractivity contribution in [2.45, 2.75) is 32.4 Å². The second kappa shape index (κ2) is 4.82. The summed E-state index contributed by atoms with van der Waals surface area (Å²) in [6.07, 6.45) is -5.57. The zero-order valence-corrected chi connectivity index (χ0v) is 11.1. The number of halogens is 5. The number of aryl methyl sites for hydroxylation is 2. The van der Waals surface area contributed by atoms with Gasteiger partial charge in [-0.1, -0.05) is 6.07 Å². The molecule has 0 saturated carbocycles. The number of Topliss-reactive ketones (excluding diaryl/α,β-unsaturated/α-hetero) is 1. The van der Waals surface area contributed by atoms with Crippen molar-refractivity contribution in [1.82, 2.24) is 0 Å². The van der Waals surface area contributed by atoms with E-state index in [1.54, 1.807) is 26.0 Å². The van der Waals surface area contributed by atoms with Crippen LogP contribution in [0.25, 0.3) is 0 Å². The first kappa shape index (κ1) is 15.5. The van der Waals surface area contributed by atoms with Crippen LogP contribution in [0.2, 0.25) is 0 Å². The summed E-state index contributed by atoms with van der Waals surface area (Å²) < 4.78 is 67.8. The highest BCUT2D eigenvalue weighted by molar-refractivity contribution is 6.01. The van der Waals surface area contributed by atoms with E-state index in [4.69, 9.17) is 4.74 Å². The number of rotatable bonds is 2. The van der Waals surface area contributed by atoms with E-state index in [9.17, 15) is 26.7 Å². The maximum atomic E-state index is 13.1. The number of hydrogen-bond acceptors (Lipinski definition) is 2. The molecule has 2 rings (SSSR count). The van der Waals surface area contributed by atoms with Crippen LogP contribution in [0.15, 0.2) is 24.0 Å². The largest absolute Gasteiger partial charge is 0.464 e. The Hall–Kier alpha value is -1.92. The van der Waals surface area contributed by atoms with E-state index in [-0.39, 0.29) is 6.42 Å². The van der Waals surface area contributed by atoms with Gasteiger partial charge in [0.15, 0.2) is 0 Å². The number of ether oxygens (including phenoxy) is 1. The molecule has 1 aliphatic rings. The number of fused-ring (bicyclic) bond motifs is 1. The first-order valence-corrected chi connectivity index (χ1v) is 5.99. The fourth-order valence-corrected chi connectivity index (χ4v) is 1.94. The molecule has 0 fully saturated rings. The van der Waals surface area contributed by atoms with Gasteiger partial charge in [-0.2, -0.15) is 22.0 Å². The third kappa shape index (κ3) is 2.64. The van der Waals surface area contributed by atoms with Crippen molar-refractivity contribution in [2.75, 3.05) is 0 Å². The average Bonchev–Trinajstić information content (AvgIpc) is 2.37. The molecule has 21 heavy (non-hydrogen) atoms. The quantitative estimate of drug-likeness (QED) is 0.775. The smallest absolute Gasteiger partial charge is 0.461 e. The molecule has 0 N–H and O–H groups in total. The molecular formula is C14H11F5O2. The molecule has 0 saturated heterocycles. The molecular weight excluding hydrogens is 295 g/mol. The zero-order valence-electron chi connectivity index (χ0n) is 11.1. The SMILES string of the molecule is Cc1cc2c(cc1C)OC=C(C(=O)C(F)(F)C(F)(F)F)C2. The first-order valence-electron chi connectivity index (χ1n) is 5.99. The van der Waals surface area contributed by atoms with Crippen molar-refractivity contribution in [2.24, 2.45) is 0 Å². The molecule has 1 heterocycles. The van der Waals surface area contributed by atoms with Crippen molar-refractivity contribution < 1.29 is 31.5 Å². The minimum absolute atomic E-state index is 0.318. The van der Waals surface area contributed by atoms with E-state index < -0.39 is 23.5 Å². The number of ketones is 1. The van der Waals surface area contributed by atoms with Gasteiger partial charge in [0.05, 0.1) is 6.26 Å². The van der Waals surface area contributed by atoms with Crippen molar-refractivity contribution in [3.05, 3.63) is 40.7 Å². The van der Waals surface area contributed by atoms with Gasteiger partial charge in [0.1, 0.15) is 5.75 Å². The van der Waals surface area contributed by atoms with Gasteiger partial charge < -0.3 is 4.74 Å². The molecule has 0 aromatic heterocycles. The average molecular weight is 306 g/mol. The number of carbonyl (C=O) groups is 1. The molecule has 0 radical (unpaired) electrons. The predicted octanol–water partition coefficient (Wildman–Crippen LogP) is 3.89. The topological polar surface area (TPSA) is 26.3 Å². The second-order valence-corrected chi connectivity index (χ2v) is 4.88. The van der Waals surface area contributed by atoms with E-state index in [1.165, 1.54) is 0 Å². The number of alkyl halides is 5. The van der Waals surface area contributed by atoms with Crippen LogP contribution in [0.1, 0.15) is 16.7 Å². The van der Waals surface area contributed by atoms with Gasteiger partial charge in [-0.15, -0.1) is 0 Å². The lowest BCUT2D eigenvalue weighted by molar-refractivity contribution is -0.267. The fraction of sp³-hybridized carbons (Fsp3) is 0.357. The zero-order chi connectivity index (χ0) is 16.0. The van der Waals surface area contributed by atoms with Crippen LogP contribution >= 0.6 is 0 Å². The highest BCUT2D eigenvalue weighted by Gasteiger charge is 2.63. The lowest BCUT2D eigenvalue weighted by Crippen LogP contribution is -2.45. The van der Waals surface area contributed by atoms with Crippen LogP contribution in [0, 0.1) is 13.8 Å². The number of benzene rings is 1. The van der Waals surface area contributed by atoms with Gasteiger partial charge in [-0.05, 0) is 36.6 Å². The molecule has 2 nitrogen and oxygen atoms in total. The summed E-state index contributed by atoms with van der Waals surface area (Å²) in [6.45, 7) is 3.57. The second-order valence-electron chi connectivity index (χ2n) is 4.88.